The molecule has 3 amide bonds. The van der Waals surface area contributed by atoms with E-state index in [1.54, 1.807) is 31.3 Å². The standard InChI is InChI=1S/C23H25N5O4/c1-25-22(31)16-10-6-9-15(12-16)19-17(13-28(2)27-19)23(32)26-18(20(29)21(24)30)11-14-7-4-3-5-8-14/h3-10,12-13,18,20,29H,11H2,1-2H3,(H2,24,30)(H,25,31)(H,26,32). The second-order valence-corrected chi connectivity index (χ2v) is 7.34. The summed E-state index contributed by atoms with van der Waals surface area (Å²) in [5, 5.41) is 19.9. The van der Waals surface area contributed by atoms with E-state index in [1.807, 2.05) is 30.3 Å². The number of nitrogens with zero attached hydrogens (tertiary/aromatic N) is 2. The Morgan fingerprint density at radius 3 is 2.47 bits per heavy atom. The van der Waals surface area contributed by atoms with Crippen molar-refractivity contribution in [3.05, 3.63) is 77.5 Å². The Morgan fingerprint density at radius 2 is 1.81 bits per heavy atom. The van der Waals surface area contributed by atoms with E-state index >= 15 is 0 Å². The number of aliphatic hydroxyl groups is 1. The fourth-order valence-electron chi connectivity index (χ4n) is 3.37. The first kappa shape index (κ1) is 22.7. The van der Waals surface area contributed by atoms with Gasteiger partial charge in [0.2, 0.25) is 5.91 Å². The van der Waals surface area contributed by atoms with Gasteiger partial charge in [0.05, 0.1) is 11.6 Å². The maximum Gasteiger partial charge on any atom is 0.255 e. The lowest BCUT2D eigenvalue weighted by molar-refractivity contribution is -0.127. The number of amides is 3. The molecule has 0 saturated carbocycles. The molecule has 2 atom stereocenters. The van der Waals surface area contributed by atoms with E-state index < -0.39 is 24.0 Å². The number of rotatable bonds is 8. The molecule has 166 valence electrons. The molecular weight excluding hydrogens is 410 g/mol. The van der Waals surface area contributed by atoms with E-state index in [2.05, 4.69) is 15.7 Å². The molecule has 9 heteroatoms. The van der Waals surface area contributed by atoms with Gasteiger partial charge in [-0.1, -0.05) is 42.5 Å². The van der Waals surface area contributed by atoms with Crippen LogP contribution in [0.5, 0.6) is 0 Å². The van der Waals surface area contributed by atoms with Crippen LogP contribution in [0.4, 0.5) is 0 Å². The summed E-state index contributed by atoms with van der Waals surface area (Å²) >= 11 is 0. The first-order valence-electron chi connectivity index (χ1n) is 9.98. The number of aromatic nitrogens is 2. The van der Waals surface area contributed by atoms with Gasteiger partial charge in [-0.15, -0.1) is 0 Å². The van der Waals surface area contributed by atoms with Gasteiger partial charge >= 0.3 is 0 Å². The van der Waals surface area contributed by atoms with E-state index in [0.717, 1.165) is 5.56 Å². The minimum atomic E-state index is -1.57. The first-order chi connectivity index (χ1) is 15.3. The lowest BCUT2D eigenvalue weighted by atomic mass is 9.99. The van der Waals surface area contributed by atoms with Gasteiger partial charge in [0.15, 0.2) is 6.10 Å². The summed E-state index contributed by atoms with van der Waals surface area (Å²) in [6.07, 6.45) is 0.169. The minimum absolute atomic E-state index is 0.207. The van der Waals surface area contributed by atoms with Crippen molar-refractivity contribution in [2.24, 2.45) is 12.8 Å². The highest BCUT2D eigenvalue weighted by atomic mass is 16.3. The molecule has 2 aromatic carbocycles. The average Bonchev–Trinajstić information content (AvgIpc) is 3.20. The molecule has 2 unspecified atom stereocenters. The van der Waals surface area contributed by atoms with Crippen molar-refractivity contribution in [3.8, 4) is 11.3 Å². The van der Waals surface area contributed by atoms with E-state index in [9.17, 15) is 19.5 Å². The summed E-state index contributed by atoms with van der Waals surface area (Å²) in [6.45, 7) is 0. The molecule has 0 aliphatic carbocycles. The number of carbonyl (C=O) groups excluding carboxylic acids is 3. The van der Waals surface area contributed by atoms with Crippen LogP contribution in [-0.2, 0) is 18.3 Å². The molecule has 1 aromatic heterocycles. The summed E-state index contributed by atoms with van der Waals surface area (Å²) in [6, 6.07) is 14.9. The maximum absolute atomic E-state index is 13.1. The third-order valence-corrected chi connectivity index (χ3v) is 4.99. The quantitative estimate of drug-likeness (QED) is 0.411. The highest BCUT2D eigenvalue weighted by molar-refractivity contribution is 6.01. The number of aliphatic hydroxyl groups excluding tert-OH is 1. The Kier molecular flexibility index (Phi) is 7.01. The first-order valence-corrected chi connectivity index (χ1v) is 9.98. The highest BCUT2D eigenvalue weighted by Gasteiger charge is 2.28. The monoisotopic (exact) mass is 435 g/mol. The van der Waals surface area contributed by atoms with Crippen molar-refractivity contribution in [1.82, 2.24) is 20.4 Å². The molecule has 0 aliphatic heterocycles. The number of nitrogens with one attached hydrogen (secondary N) is 2. The van der Waals surface area contributed by atoms with Crippen LogP contribution in [0, 0.1) is 0 Å². The fraction of sp³-hybridized carbons (Fsp3) is 0.217. The van der Waals surface area contributed by atoms with Crippen LogP contribution in [0.15, 0.2) is 60.8 Å². The molecule has 0 bridgehead atoms. The highest BCUT2D eigenvalue weighted by Crippen LogP contribution is 2.23. The van der Waals surface area contributed by atoms with Crippen molar-refractivity contribution >= 4 is 17.7 Å². The number of carbonyl (C=O) groups is 3. The molecule has 3 rings (SSSR count). The second kappa shape index (κ2) is 9.88. The lowest BCUT2D eigenvalue weighted by Gasteiger charge is -2.22. The topological polar surface area (TPSA) is 139 Å². The zero-order valence-corrected chi connectivity index (χ0v) is 17.8. The normalized spacial score (nSPS) is 12.6. The van der Waals surface area contributed by atoms with Crippen LogP contribution in [-0.4, -0.2) is 51.8 Å². The largest absolute Gasteiger partial charge is 0.381 e. The van der Waals surface area contributed by atoms with E-state index in [0.29, 0.717) is 16.8 Å². The number of hydrogen-bond acceptors (Lipinski definition) is 5. The molecule has 0 fully saturated rings. The molecule has 0 saturated heterocycles. The Morgan fingerprint density at radius 1 is 1.09 bits per heavy atom. The summed E-state index contributed by atoms with van der Waals surface area (Å²) in [4.78, 5) is 36.8. The van der Waals surface area contributed by atoms with Gasteiger partial charge in [-0.3, -0.25) is 19.1 Å². The van der Waals surface area contributed by atoms with Gasteiger partial charge in [-0.25, -0.2) is 0 Å². The third-order valence-electron chi connectivity index (χ3n) is 4.99. The van der Waals surface area contributed by atoms with Gasteiger partial charge in [-0.2, -0.15) is 5.10 Å². The van der Waals surface area contributed by atoms with Crippen LogP contribution >= 0.6 is 0 Å². The zero-order valence-electron chi connectivity index (χ0n) is 17.8. The zero-order chi connectivity index (χ0) is 23.3. The smallest absolute Gasteiger partial charge is 0.255 e. The number of aryl methyl sites for hydroxylation is 1. The predicted octanol–water partition coefficient (Wildman–Crippen LogP) is 0.634. The average molecular weight is 435 g/mol. The molecule has 0 aliphatic rings. The van der Waals surface area contributed by atoms with Crippen LogP contribution in [0.3, 0.4) is 0 Å². The molecule has 3 aromatic rings. The van der Waals surface area contributed by atoms with Crippen LogP contribution in [0.2, 0.25) is 0 Å². The SMILES string of the molecule is CNC(=O)c1cccc(-c2nn(C)cc2C(=O)NC(Cc2ccccc2)C(O)C(N)=O)c1. The van der Waals surface area contributed by atoms with Gasteiger partial charge in [0.25, 0.3) is 11.8 Å². The number of primary amides is 1. The summed E-state index contributed by atoms with van der Waals surface area (Å²) in [5.41, 5.74) is 7.71. The van der Waals surface area contributed by atoms with Crippen molar-refractivity contribution in [2.75, 3.05) is 7.05 Å². The molecule has 5 N–H and O–H groups in total. The third kappa shape index (κ3) is 5.19. The van der Waals surface area contributed by atoms with Crippen LogP contribution in [0.25, 0.3) is 11.3 Å². The predicted molar refractivity (Wildman–Crippen MR) is 119 cm³/mol. The fourth-order valence-corrected chi connectivity index (χ4v) is 3.37. The minimum Gasteiger partial charge on any atom is -0.381 e. The van der Waals surface area contributed by atoms with Crippen LogP contribution in [0.1, 0.15) is 26.3 Å². The Hall–Kier alpha value is -3.98. The van der Waals surface area contributed by atoms with E-state index in [1.165, 1.54) is 17.9 Å². The van der Waals surface area contributed by atoms with Gasteiger partial charge in [-0.05, 0) is 24.1 Å². The van der Waals surface area contributed by atoms with Gasteiger partial charge < -0.3 is 21.5 Å². The summed E-state index contributed by atoms with van der Waals surface area (Å²) in [5.74, 6) is -1.73. The Balaban J connectivity index is 1.91. The van der Waals surface area contributed by atoms with E-state index in [-0.39, 0.29) is 17.9 Å². The summed E-state index contributed by atoms with van der Waals surface area (Å²) in [7, 11) is 3.20. The molecule has 32 heavy (non-hydrogen) atoms. The van der Waals surface area contributed by atoms with E-state index in [4.69, 9.17) is 5.73 Å². The Bertz CT molecular complexity index is 1130. The second-order valence-electron chi connectivity index (χ2n) is 7.34. The molecule has 1 heterocycles. The van der Waals surface area contributed by atoms with Crippen molar-refractivity contribution in [2.45, 2.75) is 18.6 Å². The Labute approximate surface area is 185 Å². The number of benzene rings is 2. The molecule has 0 radical (unpaired) electrons. The molecular formula is C23H25N5O4. The van der Waals surface area contributed by atoms with Gasteiger partial charge in [0.1, 0.15) is 5.69 Å². The van der Waals surface area contributed by atoms with Crippen molar-refractivity contribution in [3.63, 3.8) is 0 Å². The van der Waals surface area contributed by atoms with Crippen molar-refractivity contribution < 1.29 is 19.5 Å². The number of nitrogens with two attached hydrogens (primary N) is 1. The lowest BCUT2D eigenvalue weighted by Crippen LogP contribution is -2.50. The summed E-state index contributed by atoms with van der Waals surface area (Å²) < 4.78 is 1.48. The van der Waals surface area contributed by atoms with Crippen molar-refractivity contribution in [1.29, 1.82) is 0 Å². The van der Waals surface area contributed by atoms with Gasteiger partial charge in [0, 0.05) is 31.4 Å². The molecule has 9 nitrogen and oxygen atoms in total. The molecule has 0 spiro atoms. The maximum atomic E-state index is 13.1. The number of hydrogen-bond donors (Lipinski definition) is 4. The van der Waals surface area contributed by atoms with Crippen LogP contribution < -0.4 is 16.4 Å².